The van der Waals surface area contributed by atoms with Gasteiger partial charge in [0.1, 0.15) is 6.10 Å². The Labute approximate surface area is 125 Å². The summed E-state index contributed by atoms with van der Waals surface area (Å²) in [5, 5.41) is 10.1. The Hall–Kier alpha value is 0.01000. The maximum Gasteiger partial charge on any atom is 0.339 e. The quantitative estimate of drug-likeness (QED) is 0.620. The van der Waals surface area contributed by atoms with Crippen molar-refractivity contribution in [3.8, 4) is 0 Å². The summed E-state index contributed by atoms with van der Waals surface area (Å²) >= 11 is 11.0. The van der Waals surface area contributed by atoms with Crippen molar-refractivity contribution in [2.75, 3.05) is 0 Å². The molecule has 0 aromatic heterocycles. The molecule has 0 saturated heterocycles. The van der Waals surface area contributed by atoms with Gasteiger partial charge in [-0.15, -0.1) is 0 Å². The van der Waals surface area contributed by atoms with Crippen LogP contribution < -0.4 is 0 Å². The third-order valence-corrected chi connectivity index (χ3v) is 3.97. The van der Waals surface area contributed by atoms with Gasteiger partial charge in [0.05, 0.1) is 6.10 Å². The highest BCUT2D eigenvalue weighted by atomic mass is 35.5. The molecule has 1 aliphatic rings. The Kier molecular flexibility index (Phi) is 8.84. The number of alkyl halides is 2. The molecule has 0 aromatic carbocycles. The van der Waals surface area contributed by atoms with E-state index in [4.69, 9.17) is 27.9 Å². The lowest BCUT2D eigenvalue weighted by Gasteiger charge is -2.24. The molecule has 1 rings (SSSR count). The average Bonchev–Trinajstić information content (AvgIpc) is 2.37. The second-order valence-electron chi connectivity index (χ2n) is 5.25. The van der Waals surface area contributed by atoms with Crippen LogP contribution >= 0.6 is 23.2 Å². The number of aliphatic hydroxyl groups is 1. The van der Waals surface area contributed by atoms with Gasteiger partial charge in [0.2, 0.25) is 4.84 Å². The van der Waals surface area contributed by atoms with Crippen molar-refractivity contribution in [2.24, 2.45) is 0 Å². The van der Waals surface area contributed by atoms with Crippen LogP contribution in [0.15, 0.2) is 0 Å². The topological polar surface area (TPSA) is 46.5 Å². The molecular weight excluding hydrogens is 287 g/mol. The van der Waals surface area contributed by atoms with Crippen molar-refractivity contribution >= 4 is 29.2 Å². The molecular formula is C14H24Cl2O3. The molecule has 0 amide bonds. The fraction of sp³-hybridized carbons (Fsp3) is 0.929. The number of carbonyl (C=O) groups is 1. The molecule has 1 fully saturated rings. The van der Waals surface area contributed by atoms with Crippen LogP contribution in [0.25, 0.3) is 0 Å². The van der Waals surface area contributed by atoms with Gasteiger partial charge >= 0.3 is 5.97 Å². The first-order valence-corrected chi connectivity index (χ1v) is 8.15. The zero-order valence-electron chi connectivity index (χ0n) is 11.3. The maximum atomic E-state index is 11.4. The number of rotatable bonds is 2. The van der Waals surface area contributed by atoms with Gasteiger partial charge in [-0.3, -0.25) is 0 Å². The van der Waals surface area contributed by atoms with Crippen LogP contribution in [0.2, 0.25) is 0 Å². The lowest BCUT2D eigenvalue weighted by Crippen LogP contribution is -2.33. The van der Waals surface area contributed by atoms with Gasteiger partial charge in [0, 0.05) is 0 Å². The molecule has 0 spiro atoms. The van der Waals surface area contributed by atoms with Gasteiger partial charge in [-0.05, 0) is 19.3 Å². The number of aliphatic hydroxyl groups excluding tert-OH is 1. The molecule has 1 saturated carbocycles. The van der Waals surface area contributed by atoms with E-state index < -0.39 is 23.0 Å². The van der Waals surface area contributed by atoms with E-state index in [-0.39, 0.29) is 0 Å². The molecule has 5 heteroatoms. The minimum atomic E-state index is -1.17. The number of hydrogen-bond donors (Lipinski definition) is 1. The Balaban J connectivity index is 2.48. The van der Waals surface area contributed by atoms with E-state index in [2.05, 4.69) is 0 Å². The average molecular weight is 311 g/mol. The smallest absolute Gasteiger partial charge is 0.339 e. The summed E-state index contributed by atoms with van der Waals surface area (Å²) in [6.45, 7) is 0. The Morgan fingerprint density at radius 3 is 1.95 bits per heavy atom. The molecule has 0 aromatic rings. The standard InChI is InChI=1S/C14H24Cl2O3/c15-13(16)14(18)19-12-10-8-6-4-2-1-3-5-7-9-11(12)17/h11-13,17H,1-10H2/t11-,12+/m0/s1. The van der Waals surface area contributed by atoms with Crippen LogP contribution in [-0.4, -0.2) is 28.1 Å². The van der Waals surface area contributed by atoms with Gasteiger partial charge in [-0.25, -0.2) is 4.79 Å². The molecule has 0 heterocycles. The Bertz CT molecular complexity index is 259. The number of esters is 1. The van der Waals surface area contributed by atoms with Crippen molar-refractivity contribution in [2.45, 2.75) is 81.3 Å². The number of carbonyl (C=O) groups excluding carboxylic acids is 1. The van der Waals surface area contributed by atoms with Crippen molar-refractivity contribution < 1.29 is 14.6 Å². The second kappa shape index (κ2) is 9.84. The number of hydrogen-bond acceptors (Lipinski definition) is 3. The van der Waals surface area contributed by atoms with E-state index in [1.165, 1.54) is 25.7 Å². The van der Waals surface area contributed by atoms with Crippen LogP contribution in [0.3, 0.4) is 0 Å². The van der Waals surface area contributed by atoms with Gasteiger partial charge in [-0.1, -0.05) is 68.1 Å². The summed E-state index contributed by atoms with van der Waals surface area (Å²) in [5.74, 6) is -0.653. The predicted molar refractivity (Wildman–Crippen MR) is 77.6 cm³/mol. The molecule has 0 unspecified atom stereocenters. The van der Waals surface area contributed by atoms with Gasteiger partial charge in [0.15, 0.2) is 0 Å². The van der Waals surface area contributed by atoms with Crippen LogP contribution in [0.5, 0.6) is 0 Å². The van der Waals surface area contributed by atoms with E-state index in [9.17, 15) is 9.90 Å². The van der Waals surface area contributed by atoms with E-state index in [0.29, 0.717) is 12.8 Å². The highest BCUT2D eigenvalue weighted by Gasteiger charge is 2.25. The summed E-state index contributed by atoms with van der Waals surface area (Å²) in [6, 6.07) is 0. The Morgan fingerprint density at radius 2 is 1.42 bits per heavy atom. The minimum Gasteiger partial charge on any atom is -0.458 e. The highest BCUT2D eigenvalue weighted by Crippen LogP contribution is 2.20. The first-order chi connectivity index (χ1) is 9.11. The first kappa shape index (κ1) is 17.1. The monoisotopic (exact) mass is 310 g/mol. The van der Waals surface area contributed by atoms with Gasteiger partial charge in [-0.2, -0.15) is 0 Å². The summed E-state index contributed by atoms with van der Waals surface area (Å²) in [6.07, 6.45) is 9.48. The molecule has 1 aliphatic carbocycles. The van der Waals surface area contributed by atoms with E-state index in [1.807, 2.05) is 0 Å². The number of ether oxygens (including phenoxy) is 1. The molecule has 0 aliphatic heterocycles. The van der Waals surface area contributed by atoms with Crippen molar-refractivity contribution in [1.29, 1.82) is 0 Å². The van der Waals surface area contributed by atoms with Crippen molar-refractivity contribution in [1.82, 2.24) is 0 Å². The predicted octanol–water partition coefficient (Wildman–Crippen LogP) is 3.98. The third-order valence-electron chi connectivity index (χ3n) is 3.61. The largest absolute Gasteiger partial charge is 0.458 e. The lowest BCUT2D eigenvalue weighted by atomic mass is 9.97. The van der Waals surface area contributed by atoms with Crippen LogP contribution in [0.1, 0.15) is 64.2 Å². The van der Waals surface area contributed by atoms with Crippen molar-refractivity contribution in [3.63, 3.8) is 0 Å². The molecule has 19 heavy (non-hydrogen) atoms. The molecule has 0 radical (unpaired) electrons. The second-order valence-corrected chi connectivity index (χ2v) is 6.35. The Morgan fingerprint density at radius 1 is 0.947 bits per heavy atom. The molecule has 3 nitrogen and oxygen atoms in total. The fourth-order valence-electron chi connectivity index (χ4n) is 2.48. The summed E-state index contributed by atoms with van der Waals surface area (Å²) in [7, 11) is 0. The van der Waals surface area contributed by atoms with Crippen LogP contribution in [0, 0.1) is 0 Å². The van der Waals surface area contributed by atoms with Crippen molar-refractivity contribution in [3.05, 3.63) is 0 Å². The maximum absolute atomic E-state index is 11.4. The third kappa shape index (κ3) is 7.38. The lowest BCUT2D eigenvalue weighted by molar-refractivity contribution is -0.153. The normalized spacial score (nSPS) is 27.4. The highest BCUT2D eigenvalue weighted by molar-refractivity contribution is 6.52. The van der Waals surface area contributed by atoms with E-state index >= 15 is 0 Å². The fourth-order valence-corrected chi connectivity index (χ4v) is 2.58. The van der Waals surface area contributed by atoms with Gasteiger partial charge in [0.25, 0.3) is 0 Å². The van der Waals surface area contributed by atoms with E-state index in [1.54, 1.807) is 0 Å². The van der Waals surface area contributed by atoms with Crippen LogP contribution in [-0.2, 0) is 9.53 Å². The molecule has 0 bridgehead atoms. The first-order valence-electron chi connectivity index (χ1n) is 7.28. The molecule has 1 N–H and O–H groups in total. The zero-order valence-corrected chi connectivity index (χ0v) is 12.8. The molecule has 2 atom stereocenters. The summed E-state index contributed by atoms with van der Waals surface area (Å²) in [5.41, 5.74) is 0. The van der Waals surface area contributed by atoms with E-state index in [0.717, 1.165) is 25.7 Å². The SMILES string of the molecule is O=C(O[C@@H]1CCCCCCCCCC[C@@H]1O)C(Cl)Cl. The number of halogens is 2. The molecule has 112 valence electrons. The summed E-state index contributed by atoms with van der Waals surface area (Å²) < 4.78 is 5.22. The van der Waals surface area contributed by atoms with Gasteiger partial charge < -0.3 is 9.84 Å². The summed E-state index contributed by atoms with van der Waals surface area (Å²) in [4.78, 5) is 10.3. The minimum absolute atomic E-state index is 0.466. The zero-order chi connectivity index (χ0) is 14.1. The van der Waals surface area contributed by atoms with Crippen LogP contribution in [0.4, 0.5) is 0 Å².